The van der Waals surface area contributed by atoms with Crippen molar-refractivity contribution in [1.82, 2.24) is 4.98 Å². The van der Waals surface area contributed by atoms with Crippen LogP contribution in [-0.2, 0) is 6.42 Å². The van der Waals surface area contributed by atoms with E-state index >= 15 is 0 Å². The molecular formula is C17H18Cl2N2S. The number of rotatable bonds is 5. The second-order valence-electron chi connectivity index (χ2n) is 5.41. The van der Waals surface area contributed by atoms with Crippen LogP contribution in [-0.4, -0.2) is 11.5 Å². The van der Waals surface area contributed by atoms with Crippen molar-refractivity contribution in [3.8, 4) is 10.6 Å². The molecule has 3 N–H and O–H groups in total. The molecule has 116 valence electrons. The van der Waals surface area contributed by atoms with Gasteiger partial charge in [-0.05, 0) is 62.6 Å². The highest BCUT2D eigenvalue weighted by atomic mass is 35.5. The standard InChI is InChI=1S/C17H18Cl2N2S/c1-10-5-8-14(22-10)16-11(4-2-3-9-20)15-12(18)6-7-13(19)17(15)21-16/h5-8,21H,2-4,9,20H2,1H3. The van der Waals surface area contributed by atoms with E-state index in [-0.39, 0.29) is 0 Å². The summed E-state index contributed by atoms with van der Waals surface area (Å²) in [5, 5.41) is 2.50. The van der Waals surface area contributed by atoms with Gasteiger partial charge in [-0.25, -0.2) is 0 Å². The zero-order valence-corrected chi connectivity index (χ0v) is 14.7. The van der Waals surface area contributed by atoms with Gasteiger partial charge in [-0.1, -0.05) is 23.2 Å². The first kappa shape index (κ1) is 15.9. The molecule has 5 heteroatoms. The van der Waals surface area contributed by atoms with Crippen molar-refractivity contribution in [2.24, 2.45) is 5.73 Å². The van der Waals surface area contributed by atoms with Crippen LogP contribution in [0.15, 0.2) is 24.3 Å². The molecule has 2 nitrogen and oxygen atoms in total. The lowest BCUT2D eigenvalue weighted by Crippen LogP contribution is -1.99. The highest BCUT2D eigenvalue weighted by molar-refractivity contribution is 7.15. The van der Waals surface area contributed by atoms with Gasteiger partial charge >= 0.3 is 0 Å². The van der Waals surface area contributed by atoms with E-state index in [4.69, 9.17) is 28.9 Å². The van der Waals surface area contributed by atoms with Crippen LogP contribution in [0.5, 0.6) is 0 Å². The molecule has 0 aliphatic carbocycles. The number of aromatic amines is 1. The number of hydrogen-bond acceptors (Lipinski definition) is 2. The smallest absolute Gasteiger partial charge is 0.0666 e. The minimum absolute atomic E-state index is 0.707. The van der Waals surface area contributed by atoms with Crippen LogP contribution >= 0.6 is 34.5 Å². The number of aromatic nitrogens is 1. The van der Waals surface area contributed by atoms with Crippen molar-refractivity contribution in [2.75, 3.05) is 6.54 Å². The number of nitrogens with one attached hydrogen (secondary N) is 1. The Bertz CT molecular complexity index is 804. The zero-order valence-electron chi connectivity index (χ0n) is 12.4. The van der Waals surface area contributed by atoms with Crippen molar-refractivity contribution in [1.29, 1.82) is 0 Å². The van der Waals surface area contributed by atoms with Crippen LogP contribution in [0.3, 0.4) is 0 Å². The molecule has 0 spiro atoms. The van der Waals surface area contributed by atoms with Gasteiger partial charge in [-0.2, -0.15) is 0 Å². The van der Waals surface area contributed by atoms with Gasteiger partial charge in [0, 0.05) is 10.3 Å². The summed E-state index contributed by atoms with van der Waals surface area (Å²) >= 11 is 14.6. The second-order valence-corrected chi connectivity index (χ2v) is 7.52. The number of H-pyrrole nitrogens is 1. The maximum atomic E-state index is 6.45. The first-order valence-corrected chi connectivity index (χ1v) is 8.94. The topological polar surface area (TPSA) is 41.8 Å². The van der Waals surface area contributed by atoms with Gasteiger partial charge in [-0.15, -0.1) is 11.3 Å². The number of nitrogens with two attached hydrogens (primary N) is 1. The Morgan fingerprint density at radius 1 is 1.09 bits per heavy atom. The summed E-state index contributed by atoms with van der Waals surface area (Å²) in [4.78, 5) is 6.01. The van der Waals surface area contributed by atoms with Crippen LogP contribution in [0.25, 0.3) is 21.5 Å². The third kappa shape index (κ3) is 2.91. The van der Waals surface area contributed by atoms with Gasteiger partial charge < -0.3 is 10.7 Å². The molecule has 0 atom stereocenters. The van der Waals surface area contributed by atoms with Crippen molar-refractivity contribution in [3.05, 3.63) is 44.8 Å². The monoisotopic (exact) mass is 352 g/mol. The maximum absolute atomic E-state index is 6.45. The summed E-state index contributed by atoms with van der Waals surface area (Å²) in [5.74, 6) is 0. The molecule has 1 aromatic carbocycles. The molecular weight excluding hydrogens is 335 g/mol. The Kier molecular flexibility index (Phi) is 4.79. The predicted octanol–water partition coefficient (Wildman–Crippen LogP) is 5.79. The highest BCUT2D eigenvalue weighted by Crippen LogP contribution is 2.40. The van der Waals surface area contributed by atoms with Gasteiger partial charge in [0.05, 0.1) is 26.1 Å². The van der Waals surface area contributed by atoms with Crippen molar-refractivity contribution in [3.63, 3.8) is 0 Å². The molecule has 0 radical (unpaired) electrons. The van der Waals surface area contributed by atoms with E-state index in [0.29, 0.717) is 11.6 Å². The van der Waals surface area contributed by atoms with E-state index in [1.54, 1.807) is 11.3 Å². The number of fused-ring (bicyclic) bond motifs is 1. The number of aryl methyl sites for hydroxylation is 2. The number of benzene rings is 1. The van der Waals surface area contributed by atoms with Crippen LogP contribution in [0.4, 0.5) is 0 Å². The van der Waals surface area contributed by atoms with Gasteiger partial charge in [0.25, 0.3) is 0 Å². The van der Waals surface area contributed by atoms with Crippen molar-refractivity contribution >= 4 is 45.4 Å². The van der Waals surface area contributed by atoms with E-state index < -0.39 is 0 Å². The van der Waals surface area contributed by atoms with E-state index in [1.165, 1.54) is 15.3 Å². The zero-order chi connectivity index (χ0) is 15.7. The highest BCUT2D eigenvalue weighted by Gasteiger charge is 2.18. The van der Waals surface area contributed by atoms with Crippen molar-refractivity contribution in [2.45, 2.75) is 26.2 Å². The molecule has 0 saturated carbocycles. The summed E-state index contributed by atoms with van der Waals surface area (Å²) in [6.45, 7) is 2.83. The molecule has 0 amide bonds. The fourth-order valence-electron chi connectivity index (χ4n) is 2.77. The molecule has 3 aromatic rings. The molecule has 0 aliphatic rings. The Balaban J connectivity index is 2.19. The van der Waals surface area contributed by atoms with Gasteiger partial charge in [-0.3, -0.25) is 0 Å². The number of hydrogen-bond donors (Lipinski definition) is 2. The number of halogens is 2. The molecule has 0 fully saturated rings. The lowest BCUT2D eigenvalue weighted by atomic mass is 10.0. The van der Waals surface area contributed by atoms with Gasteiger partial charge in [0.1, 0.15) is 0 Å². The van der Waals surface area contributed by atoms with Crippen LogP contribution in [0.1, 0.15) is 23.3 Å². The Labute approximate surface area is 144 Å². The fourth-order valence-corrected chi connectivity index (χ4v) is 4.14. The average Bonchev–Trinajstić information content (AvgIpc) is 3.08. The normalized spacial score (nSPS) is 11.5. The number of thiophene rings is 1. The van der Waals surface area contributed by atoms with Gasteiger partial charge in [0.2, 0.25) is 0 Å². The van der Waals surface area contributed by atoms with Crippen LogP contribution in [0, 0.1) is 6.92 Å². The Morgan fingerprint density at radius 2 is 1.86 bits per heavy atom. The third-order valence-corrected chi connectivity index (χ3v) is 5.47. The molecule has 3 rings (SSSR count). The van der Waals surface area contributed by atoms with E-state index in [0.717, 1.165) is 40.9 Å². The minimum Gasteiger partial charge on any atom is -0.352 e. The third-order valence-electron chi connectivity index (χ3n) is 3.82. The van der Waals surface area contributed by atoms with Crippen molar-refractivity contribution < 1.29 is 0 Å². The average molecular weight is 353 g/mol. The summed E-state index contributed by atoms with van der Waals surface area (Å²) in [6.07, 6.45) is 3.00. The minimum atomic E-state index is 0.707. The van der Waals surface area contributed by atoms with Crippen LogP contribution in [0.2, 0.25) is 10.0 Å². The van der Waals surface area contributed by atoms with Crippen LogP contribution < -0.4 is 5.73 Å². The second kappa shape index (κ2) is 6.63. The lowest BCUT2D eigenvalue weighted by molar-refractivity contribution is 0.748. The predicted molar refractivity (Wildman–Crippen MR) is 98.4 cm³/mol. The fraction of sp³-hybridized carbons (Fsp3) is 0.294. The largest absolute Gasteiger partial charge is 0.352 e. The summed E-state index contributed by atoms with van der Waals surface area (Å²) in [6, 6.07) is 8.00. The van der Waals surface area contributed by atoms with Gasteiger partial charge in [0.15, 0.2) is 0 Å². The molecule has 22 heavy (non-hydrogen) atoms. The summed E-state index contributed by atoms with van der Waals surface area (Å²) < 4.78 is 0. The first-order chi connectivity index (χ1) is 10.6. The molecule has 0 bridgehead atoms. The Morgan fingerprint density at radius 3 is 2.55 bits per heavy atom. The molecule has 0 aliphatic heterocycles. The quantitative estimate of drug-likeness (QED) is 0.560. The molecule has 0 unspecified atom stereocenters. The van der Waals surface area contributed by atoms with E-state index in [1.807, 2.05) is 12.1 Å². The van der Waals surface area contributed by atoms with E-state index in [9.17, 15) is 0 Å². The Hall–Kier alpha value is -1.000. The lowest BCUT2D eigenvalue weighted by Gasteiger charge is -2.04. The molecule has 2 aromatic heterocycles. The summed E-state index contributed by atoms with van der Waals surface area (Å²) in [5.41, 5.74) is 8.95. The molecule has 2 heterocycles. The first-order valence-electron chi connectivity index (χ1n) is 7.37. The maximum Gasteiger partial charge on any atom is 0.0666 e. The summed E-state index contributed by atoms with van der Waals surface area (Å²) in [7, 11) is 0. The van der Waals surface area contributed by atoms with E-state index in [2.05, 4.69) is 24.0 Å². The molecule has 0 saturated heterocycles. The number of unbranched alkanes of at least 4 members (excludes halogenated alkanes) is 1. The SMILES string of the molecule is Cc1ccc(-c2[nH]c3c(Cl)ccc(Cl)c3c2CCCCN)s1.